The fourth-order valence-corrected chi connectivity index (χ4v) is 1.89. The van der Waals surface area contributed by atoms with Crippen LogP contribution in [0.25, 0.3) is 0 Å². The minimum absolute atomic E-state index is 0.687. The average Bonchev–Trinajstić information content (AvgIpc) is 2.28. The number of aliphatic hydroxyl groups is 1. The highest BCUT2D eigenvalue weighted by Crippen LogP contribution is 2.27. The minimum Gasteiger partial charge on any atom is -0.385 e. The Morgan fingerprint density at radius 1 is 1.35 bits per heavy atom. The minimum atomic E-state index is -0.821. The number of nitrogens with one attached hydrogen (secondary N) is 1. The molecule has 0 aliphatic carbocycles. The van der Waals surface area contributed by atoms with E-state index in [2.05, 4.69) is 12.2 Å². The first-order chi connectivity index (χ1) is 7.97. The van der Waals surface area contributed by atoms with E-state index in [0.29, 0.717) is 11.4 Å². The van der Waals surface area contributed by atoms with Gasteiger partial charge in [0, 0.05) is 5.02 Å². The molecule has 2 nitrogen and oxygen atoms in total. The highest BCUT2D eigenvalue weighted by molar-refractivity contribution is 6.31. The van der Waals surface area contributed by atoms with Gasteiger partial charge in [0.05, 0.1) is 5.60 Å². The van der Waals surface area contributed by atoms with Crippen LogP contribution in [0.2, 0.25) is 5.02 Å². The van der Waals surface area contributed by atoms with E-state index in [4.69, 9.17) is 11.6 Å². The summed E-state index contributed by atoms with van der Waals surface area (Å²) in [7, 11) is 0. The maximum atomic E-state index is 10.4. The van der Waals surface area contributed by atoms with Gasteiger partial charge in [0.15, 0.2) is 0 Å². The molecule has 3 heteroatoms. The van der Waals surface area contributed by atoms with Gasteiger partial charge in [-0.25, -0.2) is 0 Å². The molecule has 0 radical (unpaired) electrons. The van der Waals surface area contributed by atoms with Gasteiger partial charge in [0.2, 0.25) is 0 Å². The lowest BCUT2D eigenvalue weighted by atomic mass is 9.92. The van der Waals surface area contributed by atoms with Crippen molar-refractivity contribution < 1.29 is 5.11 Å². The van der Waals surface area contributed by atoms with Crippen molar-refractivity contribution in [2.75, 3.05) is 13.1 Å². The molecule has 0 fully saturated rings. The Kier molecular flexibility index (Phi) is 5.44. The van der Waals surface area contributed by atoms with E-state index < -0.39 is 5.60 Å². The number of rotatable bonds is 6. The number of hydrogen-bond donors (Lipinski definition) is 2. The number of hydrogen-bond acceptors (Lipinski definition) is 2. The Morgan fingerprint density at radius 2 is 2.06 bits per heavy atom. The lowest BCUT2D eigenvalue weighted by Gasteiger charge is -2.24. The molecule has 0 amide bonds. The van der Waals surface area contributed by atoms with Gasteiger partial charge < -0.3 is 10.4 Å². The summed E-state index contributed by atoms with van der Waals surface area (Å²) in [5.74, 6) is 0. The zero-order chi connectivity index (χ0) is 12.9. The van der Waals surface area contributed by atoms with Gasteiger partial charge in [-0.3, -0.25) is 0 Å². The second kappa shape index (κ2) is 6.39. The van der Waals surface area contributed by atoms with Crippen LogP contribution in [0.1, 0.15) is 37.8 Å². The standard InChI is InChI=1S/C14H22ClNO/c1-4-8-16-9-7-14(3,17)12-6-5-11(2)13(15)10-12/h5-6,10,16-17H,4,7-9H2,1-3H3. The van der Waals surface area contributed by atoms with Crippen LogP contribution in [0.15, 0.2) is 18.2 Å². The summed E-state index contributed by atoms with van der Waals surface area (Å²) in [6.45, 7) is 7.73. The van der Waals surface area contributed by atoms with Crippen LogP contribution in [0, 0.1) is 6.92 Å². The molecule has 0 spiro atoms. The molecular formula is C14H22ClNO. The van der Waals surface area contributed by atoms with Crippen molar-refractivity contribution in [1.82, 2.24) is 5.32 Å². The van der Waals surface area contributed by atoms with Crippen LogP contribution in [-0.4, -0.2) is 18.2 Å². The molecule has 0 aliphatic rings. The van der Waals surface area contributed by atoms with Gasteiger partial charge in [0.1, 0.15) is 0 Å². The summed E-state index contributed by atoms with van der Waals surface area (Å²) in [4.78, 5) is 0. The first kappa shape index (κ1) is 14.5. The highest BCUT2D eigenvalue weighted by atomic mass is 35.5. The van der Waals surface area contributed by atoms with Crippen molar-refractivity contribution in [2.24, 2.45) is 0 Å². The van der Waals surface area contributed by atoms with E-state index in [1.54, 1.807) is 0 Å². The molecule has 0 saturated carbocycles. The second-order valence-electron chi connectivity index (χ2n) is 4.74. The maximum Gasteiger partial charge on any atom is 0.0881 e. The van der Waals surface area contributed by atoms with E-state index in [0.717, 1.165) is 30.6 Å². The summed E-state index contributed by atoms with van der Waals surface area (Å²) in [5, 5.41) is 14.4. The summed E-state index contributed by atoms with van der Waals surface area (Å²) in [6, 6.07) is 5.75. The van der Waals surface area contributed by atoms with Gasteiger partial charge in [-0.05, 0) is 57.0 Å². The normalized spacial score (nSPS) is 14.6. The molecule has 0 aromatic heterocycles. The molecule has 0 aliphatic heterocycles. The molecule has 1 rings (SSSR count). The Hall–Kier alpha value is -0.570. The van der Waals surface area contributed by atoms with Gasteiger partial charge in [-0.1, -0.05) is 30.7 Å². The monoisotopic (exact) mass is 255 g/mol. The fourth-order valence-electron chi connectivity index (χ4n) is 1.71. The lowest BCUT2D eigenvalue weighted by Crippen LogP contribution is -2.28. The topological polar surface area (TPSA) is 32.3 Å². The summed E-state index contributed by atoms with van der Waals surface area (Å²) in [5.41, 5.74) is 1.10. The highest BCUT2D eigenvalue weighted by Gasteiger charge is 2.22. The molecule has 0 heterocycles. The van der Waals surface area contributed by atoms with Gasteiger partial charge in [-0.15, -0.1) is 0 Å². The van der Waals surface area contributed by atoms with Crippen molar-refractivity contribution in [2.45, 2.75) is 39.2 Å². The predicted molar refractivity (Wildman–Crippen MR) is 73.5 cm³/mol. The van der Waals surface area contributed by atoms with Crippen LogP contribution in [0.3, 0.4) is 0 Å². The van der Waals surface area contributed by atoms with E-state index in [-0.39, 0.29) is 0 Å². The zero-order valence-corrected chi connectivity index (χ0v) is 11.6. The average molecular weight is 256 g/mol. The van der Waals surface area contributed by atoms with Crippen LogP contribution in [0.5, 0.6) is 0 Å². The molecule has 1 aromatic rings. The molecule has 1 atom stereocenters. The van der Waals surface area contributed by atoms with E-state index in [1.165, 1.54) is 0 Å². The van der Waals surface area contributed by atoms with Crippen LogP contribution in [0.4, 0.5) is 0 Å². The number of aryl methyl sites for hydroxylation is 1. The Balaban J connectivity index is 2.64. The largest absolute Gasteiger partial charge is 0.385 e. The second-order valence-corrected chi connectivity index (χ2v) is 5.15. The molecule has 96 valence electrons. The van der Waals surface area contributed by atoms with E-state index in [9.17, 15) is 5.11 Å². The molecule has 0 saturated heterocycles. The van der Waals surface area contributed by atoms with Crippen LogP contribution < -0.4 is 5.32 Å². The summed E-state index contributed by atoms with van der Waals surface area (Å²) in [6.07, 6.45) is 1.80. The van der Waals surface area contributed by atoms with E-state index in [1.807, 2.05) is 32.0 Å². The first-order valence-electron chi connectivity index (χ1n) is 6.17. The van der Waals surface area contributed by atoms with Crippen molar-refractivity contribution in [3.63, 3.8) is 0 Å². The Bertz CT molecular complexity index is 363. The van der Waals surface area contributed by atoms with E-state index >= 15 is 0 Å². The van der Waals surface area contributed by atoms with Gasteiger partial charge in [-0.2, -0.15) is 0 Å². The van der Waals surface area contributed by atoms with Crippen LogP contribution >= 0.6 is 11.6 Å². The summed E-state index contributed by atoms with van der Waals surface area (Å²) < 4.78 is 0. The lowest BCUT2D eigenvalue weighted by molar-refractivity contribution is 0.0481. The third kappa shape index (κ3) is 4.30. The molecule has 0 bridgehead atoms. The first-order valence-corrected chi connectivity index (χ1v) is 6.55. The van der Waals surface area contributed by atoms with Crippen molar-refractivity contribution in [3.05, 3.63) is 34.3 Å². The van der Waals surface area contributed by atoms with Crippen molar-refractivity contribution >= 4 is 11.6 Å². The van der Waals surface area contributed by atoms with Gasteiger partial charge >= 0.3 is 0 Å². The Labute approximate surface area is 109 Å². The zero-order valence-electron chi connectivity index (χ0n) is 10.9. The molecule has 1 unspecified atom stereocenters. The Morgan fingerprint density at radius 3 is 2.65 bits per heavy atom. The predicted octanol–water partition coefficient (Wildman–Crippen LogP) is 3.25. The molecule has 17 heavy (non-hydrogen) atoms. The molecule has 2 N–H and O–H groups in total. The third-order valence-corrected chi connectivity index (χ3v) is 3.42. The number of halogens is 1. The smallest absolute Gasteiger partial charge is 0.0881 e. The fraction of sp³-hybridized carbons (Fsp3) is 0.571. The van der Waals surface area contributed by atoms with Crippen molar-refractivity contribution in [3.8, 4) is 0 Å². The number of benzene rings is 1. The quantitative estimate of drug-likeness (QED) is 0.765. The summed E-state index contributed by atoms with van der Waals surface area (Å²) >= 11 is 6.08. The SMILES string of the molecule is CCCNCCC(C)(O)c1ccc(C)c(Cl)c1. The van der Waals surface area contributed by atoms with Crippen molar-refractivity contribution in [1.29, 1.82) is 0 Å². The molecular weight excluding hydrogens is 234 g/mol. The molecule has 1 aromatic carbocycles. The van der Waals surface area contributed by atoms with Gasteiger partial charge in [0.25, 0.3) is 0 Å². The maximum absolute atomic E-state index is 10.4. The van der Waals surface area contributed by atoms with Crippen LogP contribution in [-0.2, 0) is 5.60 Å². The third-order valence-electron chi connectivity index (χ3n) is 3.01.